The second-order valence-electron chi connectivity index (χ2n) is 6.65. The van der Waals surface area contributed by atoms with Crippen LogP contribution in [0.25, 0.3) is 10.3 Å². The van der Waals surface area contributed by atoms with Gasteiger partial charge >= 0.3 is 6.03 Å². The molecule has 30 heavy (non-hydrogen) atoms. The van der Waals surface area contributed by atoms with Crippen LogP contribution in [0.15, 0.2) is 18.5 Å². The van der Waals surface area contributed by atoms with Crippen molar-refractivity contribution in [3.63, 3.8) is 0 Å². The monoisotopic (exact) mass is 448 g/mol. The first-order chi connectivity index (χ1) is 14.5. The number of nitrogens with one attached hydrogen (secondary N) is 2. The first-order valence-corrected chi connectivity index (χ1v) is 10.6. The highest BCUT2D eigenvalue weighted by molar-refractivity contribution is 7.18. The van der Waals surface area contributed by atoms with Gasteiger partial charge in [-0.25, -0.2) is 19.7 Å². The van der Waals surface area contributed by atoms with Gasteiger partial charge < -0.3 is 25.0 Å². The second kappa shape index (κ2) is 8.99. The van der Waals surface area contributed by atoms with Crippen LogP contribution in [0.5, 0.6) is 5.88 Å². The highest BCUT2D eigenvalue weighted by Gasteiger charge is 2.21. The summed E-state index contributed by atoms with van der Waals surface area (Å²) >= 11 is 7.62. The minimum Gasteiger partial charge on any atom is -0.480 e. The van der Waals surface area contributed by atoms with Gasteiger partial charge in [0.15, 0.2) is 0 Å². The number of nitrogens with zero attached hydrogens (tertiary/aromatic N) is 4. The minimum atomic E-state index is -0.432. The third kappa shape index (κ3) is 4.40. The normalized spacial score (nSPS) is 14.4. The smallest absolute Gasteiger partial charge is 0.323 e. The fourth-order valence-corrected chi connectivity index (χ4v) is 4.28. The van der Waals surface area contributed by atoms with E-state index < -0.39 is 6.03 Å². The number of aryl methyl sites for hydroxylation is 1. The summed E-state index contributed by atoms with van der Waals surface area (Å²) < 4.78 is 10.6. The minimum absolute atomic E-state index is 0.293. The highest BCUT2D eigenvalue weighted by atomic mass is 35.5. The van der Waals surface area contributed by atoms with E-state index in [2.05, 4.69) is 30.5 Å². The number of carbonyl (C=O) groups is 1. The number of amides is 2. The maximum absolute atomic E-state index is 12.7. The van der Waals surface area contributed by atoms with Crippen molar-refractivity contribution in [2.24, 2.45) is 0 Å². The van der Waals surface area contributed by atoms with Crippen molar-refractivity contribution >= 4 is 56.4 Å². The topological polar surface area (TPSA) is 102 Å². The summed E-state index contributed by atoms with van der Waals surface area (Å²) in [6.07, 6.45) is 4.04. The largest absolute Gasteiger partial charge is 0.480 e. The van der Waals surface area contributed by atoms with E-state index >= 15 is 0 Å². The first kappa shape index (κ1) is 20.6. The van der Waals surface area contributed by atoms with Crippen molar-refractivity contribution in [2.45, 2.75) is 13.3 Å². The number of anilines is 3. The Labute approximate surface area is 182 Å². The Morgan fingerprint density at radius 3 is 2.93 bits per heavy atom. The van der Waals surface area contributed by atoms with Gasteiger partial charge in [0.25, 0.3) is 0 Å². The molecule has 1 fully saturated rings. The summed E-state index contributed by atoms with van der Waals surface area (Å²) in [5.41, 5.74) is 2.67. The third-order valence-corrected chi connectivity index (χ3v) is 5.70. The van der Waals surface area contributed by atoms with Gasteiger partial charge in [-0.15, -0.1) is 0 Å². The molecule has 9 nitrogen and oxygen atoms in total. The third-order valence-electron chi connectivity index (χ3n) is 4.55. The molecule has 4 rings (SSSR count). The highest BCUT2D eigenvalue weighted by Crippen LogP contribution is 2.36. The molecular weight excluding hydrogens is 428 g/mol. The molecule has 0 atom stereocenters. The number of methoxy groups -OCH3 is 1. The van der Waals surface area contributed by atoms with Crippen molar-refractivity contribution in [2.75, 3.05) is 48.9 Å². The van der Waals surface area contributed by atoms with Gasteiger partial charge in [0.1, 0.15) is 15.4 Å². The van der Waals surface area contributed by atoms with Crippen LogP contribution in [0.3, 0.4) is 0 Å². The van der Waals surface area contributed by atoms with Crippen LogP contribution < -0.4 is 20.3 Å². The lowest BCUT2D eigenvalue weighted by atomic mass is 10.2. The first-order valence-electron chi connectivity index (χ1n) is 9.41. The molecule has 11 heteroatoms. The molecule has 0 saturated carbocycles. The number of urea groups is 1. The SMILES string of the molecule is COc1ncc(NC(=O)Nc2cnc3sc(C)nc3c2N2CCCOCC2)cc1Cl. The second-order valence-corrected chi connectivity index (χ2v) is 8.24. The molecule has 2 amide bonds. The molecule has 0 radical (unpaired) electrons. The number of rotatable bonds is 4. The van der Waals surface area contributed by atoms with Crippen LogP contribution in [-0.2, 0) is 4.74 Å². The van der Waals surface area contributed by atoms with Crippen LogP contribution >= 0.6 is 22.9 Å². The average Bonchev–Trinajstić information content (AvgIpc) is 2.91. The summed E-state index contributed by atoms with van der Waals surface area (Å²) in [7, 11) is 1.48. The molecule has 0 unspecified atom stereocenters. The van der Waals surface area contributed by atoms with Crippen molar-refractivity contribution in [1.29, 1.82) is 0 Å². The number of halogens is 1. The molecule has 0 bridgehead atoms. The zero-order valence-electron chi connectivity index (χ0n) is 16.6. The molecule has 3 aromatic heterocycles. The Balaban J connectivity index is 1.62. The van der Waals surface area contributed by atoms with Crippen LogP contribution in [0.4, 0.5) is 21.9 Å². The van der Waals surface area contributed by atoms with Crippen molar-refractivity contribution in [3.8, 4) is 5.88 Å². The molecule has 1 aliphatic heterocycles. The molecule has 1 aliphatic rings. The van der Waals surface area contributed by atoms with E-state index in [1.54, 1.807) is 12.3 Å². The van der Waals surface area contributed by atoms with Crippen LogP contribution in [0, 0.1) is 6.92 Å². The maximum atomic E-state index is 12.7. The zero-order valence-corrected chi connectivity index (χ0v) is 18.1. The van der Waals surface area contributed by atoms with E-state index in [1.807, 2.05) is 6.92 Å². The summed E-state index contributed by atoms with van der Waals surface area (Å²) in [6, 6.07) is 1.14. The number of fused-ring (bicyclic) bond motifs is 1. The number of hydrogen-bond acceptors (Lipinski definition) is 8. The standard InChI is InChI=1S/C19H21ClN6O3S/c1-11-23-15-16(26-4-3-6-29-7-5-26)14(10-22-18(15)30-11)25-19(27)24-12-8-13(20)17(28-2)21-9-12/h8-10H,3-7H2,1-2H3,(H2,24,25,27). The van der Waals surface area contributed by atoms with Crippen LogP contribution in [0.2, 0.25) is 5.02 Å². The molecule has 2 N–H and O–H groups in total. The lowest BCUT2D eigenvalue weighted by Gasteiger charge is -2.25. The maximum Gasteiger partial charge on any atom is 0.323 e. The Morgan fingerprint density at radius 2 is 2.13 bits per heavy atom. The van der Waals surface area contributed by atoms with Gasteiger partial charge in [0, 0.05) is 19.7 Å². The van der Waals surface area contributed by atoms with Crippen molar-refractivity contribution in [1.82, 2.24) is 15.0 Å². The van der Waals surface area contributed by atoms with E-state index in [4.69, 9.17) is 21.1 Å². The van der Waals surface area contributed by atoms with Crippen LogP contribution in [-0.4, -0.2) is 54.4 Å². The summed E-state index contributed by atoms with van der Waals surface area (Å²) in [5, 5.41) is 6.86. The lowest BCUT2D eigenvalue weighted by molar-refractivity contribution is 0.152. The molecule has 1 saturated heterocycles. The van der Waals surface area contributed by atoms with E-state index in [-0.39, 0.29) is 0 Å². The Morgan fingerprint density at radius 1 is 1.27 bits per heavy atom. The number of thiazole rings is 1. The van der Waals surface area contributed by atoms with E-state index in [0.29, 0.717) is 35.4 Å². The predicted molar refractivity (Wildman–Crippen MR) is 118 cm³/mol. The van der Waals surface area contributed by atoms with E-state index in [9.17, 15) is 4.79 Å². The summed E-state index contributed by atoms with van der Waals surface area (Å²) in [4.78, 5) is 28.9. The van der Waals surface area contributed by atoms with Gasteiger partial charge in [-0.05, 0) is 19.4 Å². The number of aromatic nitrogens is 3. The average molecular weight is 449 g/mol. The summed E-state index contributed by atoms with van der Waals surface area (Å²) in [6.45, 7) is 4.81. The molecule has 0 aromatic carbocycles. The number of carbonyl (C=O) groups excluding carboxylic acids is 1. The Hall–Kier alpha value is -2.69. The molecule has 158 valence electrons. The molecule has 0 aliphatic carbocycles. The van der Waals surface area contributed by atoms with Gasteiger partial charge in [-0.3, -0.25) is 0 Å². The van der Waals surface area contributed by atoms with Gasteiger partial charge in [0.05, 0.1) is 48.2 Å². The molecule has 4 heterocycles. The lowest BCUT2D eigenvalue weighted by Crippen LogP contribution is -2.28. The van der Waals surface area contributed by atoms with Gasteiger partial charge in [-0.1, -0.05) is 22.9 Å². The number of pyridine rings is 2. The Kier molecular flexibility index (Phi) is 6.16. The fraction of sp³-hybridized carbons (Fsp3) is 0.368. The number of hydrogen-bond donors (Lipinski definition) is 2. The quantitative estimate of drug-likeness (QED) is 0.623. The van der Waals surface area contributed by atoms with Gasteiger partial charge in [-0.2, -0.15) is 0 Å². The van der Waals surface area contributed by atoms with Crippen LogP contribution in [0.1, 0.15) is 11.4 Å². The predicted octanol–water partition coefficient (Wildman–Crippen LogP) is 3.93. The Bertz CT molecular complexity index is 1070. The van der Waals surface area contributed by atoms with E-state index in [0.717, 1.165) is 40.6 Å². The summed E-state index contributed by atoms with van der Waals surface area (Å²) in [5.74, 6) is 0.293. The van der Waals surface area contributed by atoms with Crippen molar-refractivity contribution < 1.29 is 14.3 Å². The number of ether oxygens (including phenoxy) is 2. The van der Waals surface area contributed by atoms with Crippen molar-refractivity contribution in [3.05, 3.63) is 28.5 Å². The molecular formula is C19H21ClN6O3S. The van der Waals surface area contributed by atoms with E-state index in [1.165, 1.54) is 24.6 Å². The van der Waals surface area contributed by atoms with Gasteiger partial charge in [0.2, 0.25) is 5.88 Å². The molecule has 0 spiro atoms. The molecule has 3 aromatic rings. The zero-order chi connectivity index (χ0) is 21.1. The fourth-order valence-electron chi connectivity index (χ4n) is 3.28.